The number of furan rings is 1. The molecule has 0 atom stereocenters. The fourth-order valence-corrected chi connectivity index (χ4v) is 1.39. The number of rotatable bonds is 3. The van der Waals surface area contributed by atoms with Gasteiger partial charge in [-0.25, -0.2) is 4.79 Å². The van der Waals surface area contributed by atoms with Gasteiger partial charge < -0.3 is 15.5 Å². The van der Waals surface area contributed by atoms with Gasteiger partial charge in [-0.2, -0.15) is 0 Å². The van der Waals surface area contributed by atoms with E-state index in [2.05, 4.69) is 5.32 Å². The summed E-state index contributed by atoms with van der Waals surface area (Å²) in [7, 11) is 0. The highest BCUT2D eigenvalue weighted by Gasteiger charge is 2.29. The number of nitrogens with one attached hydrogen (secondary N) is 1. The largest absolute Gasteiger partial charge is 0.467 e. The number of nitrogens with zero attached hydrogens (tertiary/aromatic N) is 1. The van der Waals surface area contributed by atoms with Gasteiger partial charge >= 0.3 is 6.03 Å². The molecule has 0 bridgehead atoms. The van der Waals surface area contributed by atoms with Gasteiger partial charge in [0.2, 0.25) is 5.91 Å². The predicted molar refractivity (Wildman–Crippen MR) is 50.5 cm³/mol. The van der Waals surface area contributed by atoms with Crippen LogP contribution in [0.3, 0.4) is 0 Å². The zero-order valence-corrected chi connectivity index (χ0v) is 8.03. The molecule has 1 fully saturated rings. The molecule has 6 nitrogen and oxygen atoms in total. The van der Waals surface area contributed by atoms with Crippen LogP contribution in [-0.2, 0) is 17.9 Å². The lowest BCUT2D eigenvalue weighted by molar-refractivity contribution is -0.125. The van der Waals surface area contributed by atoms with E-state index in [4.69, 9.17) is 10.2 Å². The number of amides is 3. The maximum Gasteiger partial charge on any atom is 0.325 e. The molecule has 3 N–H and O–H groups in total. The van der Waals surface area contributed by atoms with E-state index in [1.165, 1.54) is 6.26 Å². The van der Waals surface area contributed by atoms with Crippen LogP contribution in [0.5, 0.6) is 0 Å². The van der Waals surface area contributed by atoms with Crippen LogP contribution in [0.15, 0.2) is 16.7 Å². The molecule has 6 heteroatoms. The molecule has 0 radical (unpaired) electrons. The van der Waals surface area contributed by atoms with Crippen molar-refractivity contribution in [2.45, 2.75) is 13.1 Å². The van der Waals surface area contributed by atoms with Crippen LogP contribution in [0, 0.1) is 0 Å². The number of imide groups is 1. The molecule has 0 unspecified atom stereocenters. The summed E-state index contributed by atoms with van der Waals surface area (Å²) in [6.07, 6.45) is 1.52. The minimum atomic E-state index is -0.384. The standard InChI is InChI=1S/C9H11N3O3/c10-2-6-1-7(15-5-6)4-12-8(13)3-11-9(12)14/h1,5H,2-4,10H2,(H,11,14). The second kappa shape index (κ2) is 3.74. The van der Waals surface area contributed by atoms with E-state index in [0.717, 1.165) is 10.5 Å². The third-order valence-electron chi connectivity index (χ3n) is 2.19. The molecule has 2 heterocycles. The van der Waals surface area contributed by atoms with Crippen molar-refractivity contribution in [1.29, 1.82) is 0 Å². The summed E-state index contributed by atoms with van der Waals surface area (Å²) < 4.78 is 5.16. The monoisotopic (exact) mass is 209 g/mol. The average Bonchev–Trinajstić information content (AvgIpc) is 2.80. The molecule has 80 valence electrons. The molecular formula is C9H11N3O3. The number of carbonyl (C=O) groups is 2. The highest BCUT2D eigenvalue weighted by molar-refractivity contribution is 6.01. The van der Waals surface area contributed by atoms with Crippen molar-refractivity contribution in [2.75, 3.05) is 6.54 Å². The van der Waals surface area contributed by atoms with Gasteiger partial charge in [-0.1, -0.05) is 0 Å². The average molecular weight is 209 g/mol. The van der Waals surface area contributed by atoms with Crippen LogP contribution in [0.2, 0.25) is 0 Å². The Bertz CT molecular complexity index is 383. The molecule has 1 aromatic rings. The molecule has 1 aliphatic heterocycles. The molecule has 0 aliphatic carbocycles. The van der Waals surface area contributed by atoms with Gasteiger partial charge in [0.25, 0.3) is 0 Å². The van der Waals surface area contributed by atoms with Crippen molar-refractivity contribution in [3.05, 3.63) is 23.7 Å². The highest BCUT2D eigenvalue weighted by Crippen LogP contribution is 2.12. The number of nitrogens with two attached hydrogens (primary N) is 1. The minimum absolute atomic E-state index is 0.0588. The van der Waals surface area contributed by atoms with Crippen LogP contribution < -0.4 is 11.1 Å². The third-order valence-corrected chi connectivity index (χ3v) is 2.19. The van der Waals surface area contributed by atoms with Crippen molar-refractivity contribution in [2.24, 2.45) is 5.73 Å². The van der Waals surface area contributed by atoms with Crippen LogP contribution in [0.4, 0.5) is 4.79 Å². The molecule has 1 saturated heterocycles. The maximum atomic E-state index is 11.2. The Balaban J connectivity index is 2.07. The van der Waals surface area contributed by atoms with Crippen molar-refractivity contribution in [1.82, 2.24) is 10.2 Å². The van der Waals surface area contributed by atoms with Crippen LogP contribution in [0.25, 0.3) is 0 Å². The van der Waals surface area contributed by atoms with E-state index in [1.54, 1.807) is 6.07 Å². The topological polar surface area (TPSA) is 88.6 Å². The molecule has 1 aromatic heterocycles. The summed E-state index contributed by atoms with van der Waals surface area (Å²) in [6.45, 7) is 0.595. The van der Waals surface area contributed by atoms with Gasteiger partial charge in [0, 0.05) is 12.1 Å². The minimum Gasteiger partial charge on any atom is -0.467 e. The molecule has 15 heavy (non-hydrogen) atoms. The van der Waals surface area contributed by atoms with Crippen molar-refractivity contribution in [3.8, 4) is 0 Å². The Morgan fingerprint density at radius 3 is 2.87 bits per heavy atom. The fraction of sp³-hybridized carbons (Fsp3) is 0.333. The Kier molecular flexibility index (Phi) is 2.42. The first kappa shape index (κ1) is 9.72. The molecule has 0 saturated carbocycles. The number of urea groups is 1. The van der Waals surface area contributed by atoms with Gasteiger partial charge in [0.1, 0.15) is 5.76 Å². The van der Waals surface area contributed by atoms with Crippen molar-refractivity contribution < 1.29 is 14.0 Å². The molecule has 2 rings (SSSR count). The fourth-order valence-electron chi connectivity index (χ4n) is 1.39. The second-order valence-corrected chi connectivity index (χ2v) is 3.26. The zero-order valence-electron chi connectivity index (χ0n) is 8.03. The molecule has 3 amide bonds. The summed E-state index contributed by atoms with van der Waals surface area (Å²) in [6, 6.07) is 1.35. The van der Waals surface area contributed by atoms with E-state index in [9.17, 15) is 9.59 Å². The smallest absolute Gasteiger partial charge is 0.325 e. The SMILES string of the molecule is NCc1coc(CN2C(=O)CNC2=O)c1. The first-order chi connectivity index (χ1) is 7.20. The Morgan fingerprint density at radius 2 is 2.33 bits per heavy atom. The van der Waals surface area contributed by atoms with E-state index in [0.29, 0.717) is 12.3 Å². The lowest BCUT2D eigenvalue weighted by atomic mass is 10.3. The summed E-state index contributed by atoms with van der Waals surface area (Å²) in [5.41, 5.74) is 6.25. The number of hydrogen-bond donors (Lipinski definition) is 2. The molecule has 0 spiro atoms. The number of hydrogen-bond acceptors (Lipinski definition) is 4. The second-order valence-electron chi connectivity index (χ2n) is 3.26. The maximum absolute atomic E-state index is 11.2. The normalized spacial score (nSPS) is 15.9. The molecule has 1 aliphatic rings. The summed E-state index contributed by atoms with van der Waals surface area (Å²) in [4.78, 5) is 23.5. The van der Waals surface area contributed by atoms with Crippen LogP contribution >= 0.6 is 0 Å². The van der Waals surface area contributed by atoms with Gasteiger partial charge in [-0.15, -0.1) is 0 Å². The summed E-state index contributed by atoms with van der Waals surface area (Å²) in [5, 5.41) is 2.43. The molecule has 0 aromatic carbocycles. The lowest BCUT2D eigenvalue weighted by Crippen LogP contribution is -2.30. The lowest BCUT2D eigenvalue weighted by Gasteiger charge is -2.09. The van der Waals surface area contributed by atoms with Crippen LogP contribution in [0.1, 0.15) is 11.3 Å². The van der Waals surface area contributed by atoms with Crippen molar-refractivity contribution in [3.63, 3.8) is 0 Å². The number of carbonyl (C=O) groups excluding carboxylic acids is 2. The first-order valence-corrected chi connectivity index (χ1v) is 4.55. The predicted octanol–water partition coefficient (Wildman–Crippen LogP) is -0.210. The Morgan fingerprint density at radius 1 is 1.53 bits per heavy atom. The summed E-state index contributed by atoms with van der Waals surface area (Å²) in [5.74, 6) is 0.312. The van der Waals surface area contributed by atoms with E-state index >= 15 is 0 Å². The Hall–Kier alpha value is -1.82. The van der Waals surface area contributed by atoms with Crippen LogP contribution in [-0.4, -0.2) is 23.4 Å². The van der Waals surface area contributed by atoms with Gasteiger partial charge in [-0.05, 0) is 6.07 Å². The van der Waals surface area contributed by atoms with Crippen molar-refractivity contribution >= 4 is 11.9 Å². The van der Waals surface area contributed by atoms with E-state index in [1.807, 2.05) is 0 Å². The quantitative estimate of drug-likeness (QED) is 0.674. The van der Waals surface area contributed by atoms with E-state index in [-0.39, 0.29) is 25.0 Å². The first-order valence-electron chi connectivity index (χ1n) is 4.55. The third kappa shape index (κ3) is 1.84. The van der Waals surface area contributed by atoms with Gasteiger partial charge in [0.15, 0.2) is 0 Å². The highest BCUT2D eigenvalue weighted by atomic mass is 16.3. The molecular weight excluding hydrogens is 198 g/mol. The van der Waals surface area contributed by atoms with Gasteiger partial charge in [0.05, 0.1) is 19.4 Å². The Labute approximate surface area is 86.0 Å². The summed E-state index contributed by atoms with van der Waals surface area (Å²) >= 11 is 0. The zero-order chi connectivity index (χ0) is 10.8. The van der Waals surface area contributed by atoms with E-state index < -0.39 is 0 Å². The van der Waals surface area contributed by atoms with Gasteiger partial charge in [-0.3, -0.25) is 9.69 Å².